The molecule has 0 bridgehead atoms. The minimum absolute atomic E-state index is 0.0426. The number of nitrogens with zero attached hydrogens (tertiary/aromatic N) is 3. The molecule has 0 aliphatic carbocycles. The van der Waals surface area contributed by atoms with Crippen molar-refractivity contribution < 1.29 is 4.79 Å². The second kappa shape index (κ2) is 5.47. The van der Waals surface area contributed by atoms with Crippen LogP contribution in [0.25, 0.3) is 5.65 Å². The van der Waals surface area contributed by atoms with Gasteiger partial charge in [0.15, 0.2) is 5.65 Å². The molecular formula is C16H24N4O. The quantitative estimate of drug-likeness (QED) is 0.944. The van der Waals surface area contributed by atoms with E-state index in [1.807, 2.05) is 26.8 Å². The number of hydrogen-bond donors (Lipinski definition) is 1. The fourth-order valence-corrected chi connectivity index (χ4v) is 2.22. The molecule has 0 saturated heterocycles. The highest BCUT2D eigenvalue weighted by Crippen LogP contribution is 2.23. The van der Waals surface area contributed by atoms with Crippen LogP contribution >= 0.6 is 0 Å². The zero-order valence-corrected chi connectivity index (χ0v) is 13.7. The Balaban J connectivity index is 2.57. The summed E-state index contributed by atoms with van der Waals surface area (Å²) in [5, 5.41) is 7.57. The van der Waals surface area contributed by atoms with Crippen molar-refractivity contribution in [3.8, 4) is 0 Å². The Bertz CT molecular complexity index is 665. The van der Waals surface area contributed by atoms with Gasteiger partial charge in [-0.3, -0.25) is 4.79 Å². The van der Waals surface area contributed by atoms with Crippen molar-refractivity contribution in [1.82, 2.24) is 19.9 Å². The summed E-state index contributed by atoms with van der Waals surface area (Å²) >= 11 is 0. The Morgan fingerprint density at radius 1 is 1.38 bits per heavy atom. The third kappa shape index (κ3) is 3.06. The summed E-state index contributed by atoms with van der Waals surface area (Å²) in [5.74, 6) is -0.0935. The Kier molecular flexibility index (Phi) is 4.03. The van der Waals surface area contributed by atoms with Crippen LogP contribution in [0.15, 0.2) is 12.3 Å². The van der Waals surface area contributed by atoms with E-state index in [1.54, 1.807) is 10.7 Å². The van der Waals surface area contributed by atoms with Crippen LogP contribution < -0.4 is 5.32 Å². The number of fused-ring (bicyclic) bond motifs is 1. The van der Waals surface area contributed by atoms with Crippen LogP contribution in [-0.4, -0.2) is 26.5 Å². The van der Waals surface area contributed by atoms with Gasteiger partial charge in [0.25, 0.3) is 5.91 Å². The van der Waals surface area contributed by atoms with Gasteiger partial charge in [0.1, 0.15) is 0 Å². The summed E-state index contributed by atoms with van der Waals surface area (Å²) in [7, 11) is 0. The van der Waals surface area contributed by atoms with Gasteiger partial charge in [-0.15, -0.1) is 0 Å². The molecule has 0 atom stereocenters. The Hall–Kier alpha value is -1.91. The van der Waals surface area contributed by atoms with E-state index in [9.17, 15) is 4.79 Å². The summed E-state index contributed by atoms with van der Waals surface area (Å²) < 4.78 is 1.80. The van der Waals surface area contributed by atoms with Gasteiger partial charge in [-0.05, 0) is 20.3 Å². The van der Waals surface area contributed by atoms with Crippen LogP contribution in [0.1, 0.15) is 63.3 Å². The van der Waals surface area contributed by atoms with Gasteiger partial charge in [0.05, 0.1) is 17.0 Å². The second-order valence-electron chi connectivity index (χ2n) is 6.65. The maximum atomic E-state index is 12.3. The molecule has 0 unspecified atom stereocenters. The summed E-state index contributed by atoms with van der Waals surface area (Å²) in [6, 6.07) is 2.09. The van der Waals surface area contributed by atoms with Gasteiger partial charge in [-0.25, -0.2) is 9.50 Å². The van der Waals surface area contributed by atoms with Crippen molar-refractivity contribution >= 4 is 11.6 Å². The van der Waals surface area contributed by atoms with Crippen molar-refractivity contribution in [2.24, 2.45) is 0 Å². The highest BCUT2D eigenvalue weighted by atomic mass is 16.1. The molecule has 0 aliphatic heterocycles. The molecule has 21 heavy (non-hydrogen) atoms. The monoisotopic (exact) mass is 288 g/mol. The van der Waals surface area contributed by atoms with Crippen LogP contribution in [-0.2, 0) is 11.8 Å². The molecule has 0 fully saturated rings. The molecule has 5 heteroatoms. The molecule has 1 N–H and O–H groups in total. The van der Waals surface area contributed by atoms with E-state index in [0.29, 0.717) is 5.56 Å². The van der Waals surface area contributed by atoms with Crippen molar-refractivity contribution in [2.45, 2.75) is 59.4 Å². The fourth-order valence-electron chi connectivity index (χ4n) is 2.22. The minimum atomic E-state index is -0.0935. The highest BCUT2D eigenvalue weighted by molar-refractivity contribution is 5.95. The van der Waals surface area contributed by atoms with Crippen molar-refractivity contribution in [2.75, 3.05) is 0 Å². The largest absolute Gasteiger partial charge is 0.350 e. The predicted molar refractivity (Wildman–Crippen MR) is 83.7 cm³/mol. The lowest BCUT2D eigenvalue weighted by atomic mass is 9.93. The topological polar surface area (TPSA) is 59.3 Å². The van der Waals surface area contributed by atoms with Gasteiger partial charge in [-0.1, -0.05) is 27.7 Å². The SMILES string of the molecule is CCc1c(C(=O)NC(C)C)cnc2cc(C(C)(C)C)nn12. The van der Waals surface area contributed by atoms with Gasteiger partial charge < -0.3 is 5.32 Å². The number of nitrogens with one attached hydrogen (secondary N) is 1. The van der Waals surface area contributed by atoms with Crippen molar-refractivity contribution in [3.05, 3.63) is 29.2 Å². The average molecular weight is 288 g/mol. The number of rotatable bonds is 3. The van der Waals surface area contributed by atoms with E-state index in [0.717, 1.165) is 23.5 Å². The Labute approximate surface area is 125 Å². The zero-order valence-electron chi connectivity index (χ0n) is 13.7. The molecule has 2 heterocycles. The summed E-state index contributed by atoms with van der Waals surface area (Å²) in [6.45, 7) is 12.3. The Morgan fingerprint density at radius 3 is 2.57 bits per heavy atom. The Morgan fingerprint density at radius 2 is 2.05 bits per heavy atom. The first kappa shape index (κ1) is 15.5. The fraction of sp³-hybridized carbons (Fsp3) is 0.562. The van der Waals surface area contributed by atoms with Crippen LogP contribution in [0, 0.1) is 0 Å². The molecule has 0 radical (unpaired) electrons. The van der Waals surface area contributed by atoms with Crippen LogP contribution in [0.2, 0.25) is 0 Å². The molecule has 0 aromatic carbocycles. The first-order valence-electron chi connectivity index (χ1n) is 7.43. The third-order valence-electron chi connectivity index (χ3n) is 3.35. The lowest BCUT2D eigenvalue weighted by Gasteiger charge is -2.14. The van der Waals surface area contributed by atoms with Gasteiger partial charge in [0, 0.05) is 23.7 Å². The molecule has 1 amide bonds. The van der Waals surface area contributed by atoms with Crippen molar-refractivity contribution in [1.29, 1.82) is 0 Å². The number of aromatic nitrogens is 3. The second-order valence-corrected chi connectivity index (χ2v) is 6.65. The standard InChI is InChI=1S/C16H24N4O/c1-7-12-11(15(21)18-10(2)3)9-17-14-8-13(16(4,5)6)19-20(12)14/h8-10H,7H2,1-6H3,(H,18,21). The molecule has 0 spiro atoms. The van der Waals surface area contributed by atoms with E-state index in [4.69, 9.17) is 0 Å². The summed E-state index contributed by atoms with van der Waals surface area (Å²) in [6.07, 6.45) is 2.38. The van der Waals surface area contributed by atoms with Gasteiger partial charge in [0.2, 0.25) is 0 Å². The van der Waals surface area contributed by atoms with E-state index in [-0.39, 0.29) is 17.4 Å². The molecular weight excluding hydrogens is 264 g/mol. The average Bonchev–Trinajstić information content (AvgIpc) is 2.80. The van der Waals surface area contributed by atoms with E-state index in [2.05, 4.69) is 36.2 Å². The predicted octanol–water partition coefficient (Wildman–Crippen LogP) is 2.73. The first-order chi connectivity index (χ1) is 9.74. The third-order valence-corrected chi connectivity index (χ3v) is 3.35. The van der Waals surface area contributed by atoms with Gasteiger partial charge >= 0.3 is 0 Å². The lowest BCUT2D eigenvalue weighted by molar-refractivity contribution is 0.0941. The maximum absolute atomic E-state index is 12.3. The number of carbonyl (C=O) groups excluding carboxylic acids is 1. The molecule has 5 nitrogen and oxygen atoms in total. The summed E-state index contributed by atoms with van der Waals surface area (Å²) in [4.78, 5) is 16.7. The van der Waals surface area contributed by atoms with Gasteiger partial charge in [-0.2, -0.15) is 5.10 Å². The van der Waals surface area contributed by atoms with E-state index >= 15 is 0 Å². The molecule has 0 saturated carbocycles. The maximum Gasteiger partial charge on any atom is 0.254 e. The number of hydrogen-bond acceptors (Lipinski definition) is 3. The normalized spacial score (nSPS) is 12.1. The summed E-state index contributed by atoms with van der Waals surface area (Å²) in [5.41, 5.74) is 3.22. The van der Waals surface area contributed by atoms with Crippen LogP contribution in [0.3, 0.4) is 0 Å². The zero-order chi connectivity index (χ0) is 15.8. The molecule has 0 aliphatic rings. The van der Waals surface area contributed by atoms with Crippen LogP contribution in [0.4, 0.5) is 0 Å². The number of amides is 1. The molecule has 114 valence electrons. The smallest absolute Gasteiger partial charge is 0.254 e. The van der Waals surface area contributed by atoms with E-state index < -0.39 is 0 Å². The van der Waals surface area contributed by atoms with Crippen LogP contribution in [0.5, 0.6) is 0 Å². The van der Waals surface area contributed by atoms with E-state index in [1.165, 1.54) is 0 Å². The molecule has 2 aromatic rings. The van der Waals surface area contributed by atoms with Crippen molar-refractivity contribution in [3.63, 3.8) is 0 Å². The first-order valence-corrected chi connectivity index (χ1v) is 7.43. The minimum Gasteiger partial charge on any atom is -0.350 e. The number of carbonyl (C=O) groups is 1. The molecule has 2 aromatic heterocycles. The lowest BCUT2D eigenvalue weighted by Crippen LogP contribution is -2.31. The highest BCUT2D eigenvalue weighted by Gasteiger charge is 2.21. The molecule has 2 rings (SSSR count). The number of aryl methyl sites for hydroxylation is 1.